The molecule has 0 radical (unpaired) electrons. The first kappa shape index (κ1) is 13.4. The number of likely N-dealkylation sites (N-methyl/N-ethyl adjacent to an activating group) is 1. The predicted octanol–water partition coefficient (Wildman–Crippen LogP) is 3.16. The molecule has 2 N–H and O–H groups in total. The number of nitrogens with zero attached hydrogens (tertiary/aromatic N) is 1. The van der Waals surface area contributed by atoms with Gasteiger partial charge in [0.05, 0.1) is 0 Å². The van der Waals surface area contributed by atoms with Crippen LogP contribution in [-0.2, 0) is 0 Å². The summed E-state index contributed by atoms with van der Waals surface area (Å²) in [6.07, 6.45) is 9.44. The first-order valence-electron chi connectivity index (χ1n) is 7.55. The maximum Gasteiger partial charge on any atom is 0.0255 e. The van der Waals surface area contributed by atoms with Crippen molar-refractivity contribution < 1.29 is 0 Å². The van der Waals surface area contributed by atoms with Gasteiger partial charge in [-0.05, 0) is 44.1 Å². The summed E-state index contributed by atoms with van der Waals surface area (Å²) in [6, 6.07) is 1.86. The summed E-state index contributed by atoms with van der Waals surface area (Å²) in [7, 11) is 0. The second kappa shape index (κ2) is 5.27. The summed E-state index contributed by atoms with van der Waals surface area (Å²) < 4.78 is 0. The van der Waals surface area contributed by atoms with Gasteiger partial charge >= 0.3 is 0 Å². The zero-order valence-corrected chi connectivity index (χ0v) is 11.9. The Morgan fingerprint density at radius 1 is 1.18 bits per heavy atom. The van der Waals surface area contributed by atoms with Gasteiger partial charge in [-0.1, -0.05) is 33.6 Å². The van der Waals surface area contributed by atoms with Crippen molar-refractivity contribution in [1.29, 1.82) is 0 Å². The molecule has 0 amide bonds. The first-order valence-corrected chi connectivity index (χ1v) is 7.55. The van der Waals surface area contributed by atoms with Crippen LogP contribution in [0.15, 0.2) is 0 Å². The Balaban J connectivity index is 2.05. The van der Waals surface area contributed by atoms with E-state index >= 15 is 0 Å². The Hall–Kier alpha value is -0.0800. The van der Waals surface area contributed by atoms with Crippen molar-refractivity contribution in [1.82, 2.24) is 4.90 Å². The van der Waals surface area contributed by atoms with Crippen molar-refractivity contribution in [2.45, 2.75) is 83.8 Å². The summed E-state index contributed by atoms with van der Waals surface area (Å²) in [5.74, 6) is 0. The van der Waals surface area contributed by atoms with Crippen LogP contribution in [0.2, 0.25) is 0 Å². The van der Waals surface area contributed by atoms with E-state index in [2.05, 4.69) is 25.7 Å². The standard InChI is InChI=1S/C15H30N2/c1-4-17(12-7-5-6-8-12)14-11-15(2,3)10-9-13(14)16/h12-14H,4-11,16H2,1-3H3. The van der Waals surface area contributed by atoms with Crippen LogP contribution in [0.25, 0.3) is 0 Å². The van der Waals surface area contributed by atoms with Crippen molar-refractivity contribution in [3.05, 3.63) is 0 Å². The molecule has 0 aliphatic heterocycles. The van der Waals surface area contributed by atoms with Gasteiger partial charge < -0.3 is 5.73 Å². The normalized spacial score (nSPS) is 34.4. The summed E-state index contributed by atoms with van der Waals surface area (Å²) >= 11 is 0. The van der Waals surface area contributed by atoms with Gasteiger partial charge in [0.1, 0.15) is 0 Å². The van der Waals surface area contributed by atoms with Gasteiger partial charge in [-0.3, -0.25) is 4.90 Å². The Bertz CT molecular complexity index is 243. The molecule has 2 atom stereocenters. The molecule has 17 heavy (non-hydrogen) atoms. The molecule has 2 nitrogen and oxygen atoms in total. The molecule has 0 aromatic rings. The molecule has 0 aromatic carbocycles. The lowest BCUT2D eigenvalue weighted by molar-refractivity contribution is 0.0518. The molecule has 2 saturated carbocycles. The molecule has 2 aliphatic carbocycles. The highest BCUT2D eigenvalue weighted by Gasteiger charge is 2.38. The summed E-state index contributed by atoms with van der Waals surface area (Å²) in [5, 5.41) is 0. The largest absolute Gasteiger partial charge is 0.326 e. The fourth-order valence-corrected chi connectivity index (χ4v) is 3.93. The highest BCUT2D eigenvalue weighted by Crippen LogP contribution is 2.38. The minimum atomic E-state index is 0.406. The highest BCUT2D eigenvalue weighted by molar-refractivity contribution is 4.95. The fraction of sp³-hybridized carbons (Fsp3) is 1.00. The zero-order chi connectivity index (χ0) is 12.5. The molecule has 2 aliphatic rings. The zero-order valence-electron chi connectivity index (χ0n) is 11.9. The van der Waals surface area contributed by atoms with Crippen molar-refractivity contribution in [3.63, 3.8) is 0 Å². The lowest BCUT2D eigenvalue weighted by Crippen LogP contribution is -2.55. The van der Waals surface area contributed by atoms with Crippen LogP contribution >= 0.6 is 0 Å². The van der Waals surface area contributed by atoms with E-state index in [-0.39, 0.29) is 0 Å². The monoisotopic (exact) mass is 238 g/mol. The van der Waals surface area contributed by atoms with Crippen molar-refractivity contribution in [3.8, 4) is 0 Å². The number of hydrogen-bond donors (Lipinski definition) is 1. The van der Waals surface area contributed by atoms with Gasteiger partial charge in [-0.2, -0.15) is 0 Å². The molecule has 2 heteroatoms. The molecule has 0 aromatic heterocycles. The Labute approximate surface area is 107 Å². The molecule has 0 saturated heterocycles. The molecular formula is C15H30N2. The topological polar surface area (TPSA) is 29.3 Å². The van der Waals surface area contributed by atoms with Crippen LogP contribution < -0.4 is 5.73 Å². The number of hydrogen-bond acceptors (Lipinski definition) is 2. The molecular weight excluding hydrogens is 208 g/mol. The van der Waals surface area contributed by atoms with Crippen molar-refractivity contribution in [2.75, 3.05) is 6.54 Å². The number of nitrogens with two attached hydrogens (primary N) is 1. The Morgan fingerprint density at radius 3 is 2.41 bits per heavy atom. The second-order valence-corrected chi connectivity index (χ2v) is 6.91. The maximum atomic E-state index is 6.40. The maximum absolute atomic E-state index is 6.40. The lowest BCUT2D eigenvalue weighted by atomic mass is 9.72. The van der Waals surface area contributed by atoms with E-state index < -0.39 is 0 Å². The molecule has 0 bridgehead atoms. The quantitative estimate of drug-likeness (QED) is 0.818. The van der Waals surface area contributed by atoms with Crippen LogP contribution in [0.5, 0.6) is 0 Å². The molecule has 2 unspecified atom stereocenters. The van der Waals surface area contributed by atoms with Crippen LogP contribution in [0.3, 0.4) is 0 Å². The van der Waals surface area contributed by atoms with E-state index in [1.54, 1.807) is 0 Å². The molecule has 2 rings (SSSR count). The van der Waals surface area contributed by atoms with E-state index in [9.17, 15) is 0 Å². The summed E-state index contributed by atoms with van der Waals surface area (Å²) in [5.41, 5.74) is 6.90. The third-order valence-corrected chi connectivity index (χ3v) is 5.00. The fourth-order valence-electron chi connectivity index (χ4n) is 3.93. The molecule has 0 spiro atoms. The van der Waals surface area contributed by atoms with Gasteiger partial charge in [0, 0.05) is 18.1 Å². The smallest absolute Gasteiger partial charge is 0.0255 e. The summed E-state index contributed by atoms with van der Waals surface area (Å²) in [4.78, 5) is 2.73. The van der Waals surface area contributed by atoms with Gasteiger partial charge in [-0.25, -0.2) is 0 Å². The molecule has 2 fully saturated rings. The third-order valence-electron chi connectivity index (χ3n) is 5.00. The van der Waals surface area contributed by atoms with Gasteiger partial charge in [0.25, 0.3) is 0 Å². The average molecular weight is 238 g/mol. The van der Waals surface area contributed by atoms with E-state index in [4.69, 9.17) is 5.73 Å². The van der Waals surface area contributed by atoms with E-state index in [0.29, 0.717) is 17.5 Å². The Kier molecular flexibility index (Phi) is 4.14. The van der Waals surface area contributed by atoms with Crippen molar-refractivity contribution >= 4 is 0 Å². The predicted molar refractivity (Wildman–Crippen MR) is 74.0 cm³/mol. The van der Waals surface area contributed by atoms with E-state index in [1.165, 1.54) is 51.5 Å². The molecule has 0 heterocycles. The van der Waals surface area contributed by atoms with Crippen molar-refractivity contribution in [2.24, 2.45) is 11.1 Å². The SMILES string of the molecule is CCN(C1CCCC1)C1CC(C)(C)CCC1N. The Morgan fingerprint density at radius 2 is 1.82 bits per heavy atom. The van der Waals surface area contributed by atoms with E-state index in [1.807, 2.05) is 0 Å². The average Bonchev–Trinajstić information content (AvgIpc) is 2.78. The van der Waals surface area contributed by atoms with Crippen LogP contribution in [0.1, 0.15) is 65.7 Å². The highest BCUT2D eigenvalue weighted by atomic mass is 15.2. The van der Waals surface area contributed by atoms with Crippen LogP contribution in [-0.4, -0.2) is 29.6 Å². The minimum absolute atomic E-state index is 0.406. The van der Waals surface area contributed by atoms with Crippen LogP contribution in [0, 0.1) is 5.41 Å². The summed E-state index contributed by atoms with van der Waals surface area (Å²) in [6.45, 7) is 8.31. The van der Waals surface area contributed by atoms with Gasteiger partial charge in [0.2, 0.25) is 0 Å². The van der Waals surface area contributed by atoms with E-state index in [0.717, 1.165) is 6.04 Å². The lowest BCUT2D eigenvalue weighted by Gasteiger charge is -2.46. The number of rotatable bonds is 3. The third kappa shape index (κ3) is 3.03. The van der Waals surface area contributed by atoms with Gasteiger partial charge in [-0.15, -0.1) is 0 Å². The molecule has 100 valence electrons. The van der Waals surface area contributed by atoms with Crippen LogP contribution in [0.4, 0.5) is 0 Å². The second-order valence-electron chi connectivity index (χ2n) is 6.91. The first-order chi connectivity index (χ1) is 8.03. The minimum Gasteiger partial charge on any atom is -0.326 e. The van der Waals surface area contributed by atoms with Gasteiger partial charge in [0.15, 0.2) is 0 Å².